The molecule has 0 aromatic carbocycles. The minimum Gasteiger partial charge on any atom is -0.382 e. The Kier molecular flexibility index (Phi) is 4.61. The first-order valence-electron chi connectivity index (χ1n) is 6.28. The van der Waals surface area contributed by atoms with Crippen LogP contribution >= 0.6 is 22.7 Å². The lowest BCUT2D eigenvalue weighted by atomic mass is 10.3. The van der Waals surface area contributed by atoms with Crippen LogP contribution in [0.4, 0.5) is 10.9 Å². The van der Waals surface area contributed by atoms with Gasteiger partial charge < -0.3 is 15.5 Å². The summed E-state index contributed by atoms with van der Waals surface area (Å²) in [5.41, 5.74) is 5.87. The molecule has 2 aromatic heterocycles. The third-order valence-corrected chi connectivity index (χ3v) is 4.90. The van der Waals surface area contributed by atoms with Crippen molar-refractivity contribution in [2.75, 3.05) is 31.3 Å². The number of carbonyl (C=O) groups is 1. The maximum Gasteiger partial charge on any atom is 0.268 e. The SMILES string of the molecule is CCN(Cc1cccs1)C(=O)c1sc(N(C)C)nc1N. The van der Waals surface area contributed by atoms with E-state index in [1.807, 2.05) is 43.4 Å². The minimum absolute atomic E-state index is 0.0519. The molecule has 0 bridgehead atoms. The molecule has 0 aliphatic heterocycles. The Morgan fingerprint density at radius 3 is 2.70 bits per heavy atom. The average Bonchev–Trinajstić information content (AvgIpc) is 3.04. The van der Waals surface area contributed by atoms with Gasteiger partial charge in [0.1, 0.15) is 10.7 Å². The lowest BCUT2D eigenvalue weighted by Crippen LogP contribution is -2.29. The summed E-state index contributed by atoms with van der Waals surface area (Å²) in [4.78, 5) is 22.1. The van der Waals surface area contributed by atoms with Gasteiger partial charge in [-0.2, -0.15) is 0 Å². The highest BCUT2D eigenvalue weighted by Crippen LogP contribution is 2.28. The zero-order chi connectivity index (χ0) is 14.7. The van der Waals surface area contributed by atoms with Gasteiger partial charge in [0.25, 0.3) is 5.91 Å². The van der Waals surface area contributed by atoms with Crippen LogP contribution in [-0.4, -0.2) is 36.4 Å². The topological polar surface area (TPSA) is 62.5 Å². The summed E-state index contributed by atoms with van der Waals surface area (Å²) in [6, 6.07) is 4.02. The van der Waals surface area contributed by atoms with Gasteiger partial charge in [-0.3, -0.25) is 4.79 Å². The van der Waals surface area contributed by atoms with Crippen molar-refractivity contribution >= 4 is 39.5 Å². The molecule has 0 saturated carbocycles. The molecule has 2 N–H and O–H groups in total. The Hall–Kier alpha value is -1.60. The number of nitrogens with two attached hydrogens (primary N) is 1. The quantitative estimate of drug-likeness (QED) is 0.922. The van der Waals surface area contributed by atoms with Gasteiger partial charge in [0.15, 0.2) is 5.13 Å². The molecule has 20 heavy (non-hydrogen) atoms. The maximum absolute atomic E-state index is 12.6. The van der Waals surface area contributed by atoms with Crippen LogP contribution in [0.25, 0.3) is 0 Å². The first-order chi connectivity index (χ1) is 9.52. The number of nitrogens with zero attached hydrogens (tertiary/aromatic N) is 3. The van der Waals surface area contributed by atoms with Gasteiger partial charge in [-0.15, -0.1) is 11.3 Å². The lowest BCUT2D eigenvalue weighted by molar-refractivity contribution is 0.0760. The third-order valence-electron chi connectivity index (χ3n) is 2.81. The number of aromatic nitrogens is 1. The normalized spacial score (nSPS) is 10.6. The van der Waals surface area contributed by atoms with E-state index in [1.54, 1.807) is 16.2 Å². The van der Waals surface area contributed by atoms with Crippen LogP contribution < -0.4 is 10.6 Å². The molecule has 0 saturated heterocycles. The summed E-state index contributed by atoms with van der Waals surface area (Å²) >= 11 is 2.98. The molecule has 0 atom stereocenters. The molecule has 0 spiro atoms. The van der Waals surface area contributed by atoms with Crippen LogP contribution in [0.3, 0.4) is 0 Å². The zero-order valence-electron chi connectivity index (χ0n) is 11.8. The maximum atomic E-state index is 12.6. The monoisotopic (exact) mass is 310 g/mol. The number of hydrogen-bond donors (Lipinski definition) is 1. The molecule has 0 radical (unpaired) electrons. The molecule has 0 fully saturated rings. The molecule has 2 rings (SSSR count). The van der Waals surface area contributed by atoms with E-state index in [2.05, 4.69) is 4.98 Å². The molecule has 1 amide bonds. The Morgan fingerprint density at radius 1 is 1.45 bits per heavy atom. The predicted octanol–water partition coefficient (Wildman–Crippen LogP) is 2.52. The first kappa shape index (κ1) is 14.8. The number of anilines is 2. The van der Waals surface area contributed by atoms with Crippen molar-refractivity contribution in [2.24, 2.45) is 0 Å². The van der Waals surface area contributed by atoms with Gasteiger partial charge in [0.2, 0.25) is 0 Å². The lowest BCUT2D eigenvalue weighted by Gasteiger charge is -2.19. The van der Waals surface area contributed by atoms with Crippen molar-refractivity contribution < 1.29 is 4.79 Å². The molecule has 7 heteroatoms. The van der Waals surface area contributed by atoms with E-state index in [-0.39, 0.29) is 5.91 Å². The number of rotatable bonds is 5. The Balaban J connectivity index is 2.20. The van der Waals surface area contributed by atoms with Crippen molar-refractivity contribution in [3.63, 3.8) is 0 Å². The molecule has 5 nitrogen and oxygen atoms in total. The van der Waals surface area contributed by atoms with Crippen molar-refractivity contribution in [3.05, 3.63) is 27.3 Å². The van der Waals surface area contributed by atoms with Crippen molar-refractivity contribution in [3.8, 4) is 0 Å². The molecule has 0 unspecified atom stereocenters. The smallest absolute Gasteiger partial charge is 0.268 e. The van der Waals surface area contributed by atoms with Gasteiger partial charge >= 0.3 is 0 Å². The van der Waals surface area contributed by atoms with Gasteiger partial charge in [0, 0.05) is 25.5 Å². The second kappa shape index (κ2) is 6.23. The zero-order valence-corrected chi connectivity index (χ0v) is 13.4. The summed E-state index contributed by atoms with van der Waals surface area (Å²) in [5, 5.41) is 2.76. The van der Waals surface area contributed by atoms with Crippen LogP contribution in [0.2, 0.25) is 0 Å². The standard InChI is InChI=1S/C13H18N4OS2/c1-4-17(8-9-6-5-7-19-9)12(18)10-11(14)15-13(20-10)16(2)3/h5-7H,4,8,14H2,1-3H3. The second-order valence-corrected chi connectivity index (χ2v) is 6.51. The molecule has 0 aliphatic carbocycles. The number of amides is 1. The number of hydrogen-bond acceptors (Lipinski definition) is 6. The summed E-state index contributed by atoms with van der Waals surface area (Å²) in [6.45, 7) is 3.22. The molecule has 0 aliphatic rings. The molecular weight excluding hydrogens is 292 g/mol. The van der Waals surface area contributed by atoms with Crippen LogP contribution in [0, 0.1) is 0 Å². The third kappa shape index (κ3) is 3.10. The fourth-order valence-electron chi connectivity index (χ4n) is 1.73. The van der Waals surface area contributed by atoms with Crippen LogP contribution in [0.5, 0.6) is 0 Å². The Labute approximate surface area is 126 Å². The van der Waals surface area contributed by atoms with Crippen molar-refractivity contribution in [2.45, 2.75) is 13.5 Å². The molecule has 2 heterocycles. The Bertz CT molecular complexity index is 577. The summed E-state index contributed by atoms with van der Waals surface area (Å²) in [7, 11) is 3.77. The van der Waals surface area contributed by atoms with Gasteiger partial charge in [-0.05, 0) is 18.4 Å². The van der Waals surface area contributed by atoms with E-state index in [0.717, 1.165) is 10.0 Å². The molecule has 108 valence electrons. The highest BCUT2D eigenvalue weighted by Gasteiger charge is 2.22. The highest BCUT2D eigenvalue weighted by atomic mass is 32.1. The van der Waals surface area contributed by atoms with Crippen LogP contribution in [-0.2, 0) is 6.54 Å². The van der Waals surface area contributed by atoms with E-state index in [4.69, 9.17) is 5.73 Å². The van der Waals surface area contributed by atoms with Crippen molar-refractivity contribution in [1.82, 2.24) is 9.88 Å². The van der Waals surface area contributed by atoms with E-state index < -0.39 is 0 Å². The second-order valence-electron chi connectivity index (χ2n) is 4.50. The first-order valence-corrected chi connectivity index (χ1v) is 7.97. The number of thiazole rings is 1. The van der Waals surface area contributed by atoms with Crippen LogP contribution in [0.15, 0.2) is 17.5 Å². The molecule has 2 aromatic rings. The number of thiophene rings is 1. The average molecular weight is 310 g/mol. The van der Waals surface area contributed by atoms with Gasteiger partial charge in [-0.25, -0.2) is 4.98 Å². The van der Waals surface area contributed by atoms with Gasteiger partial charge in [-0.1, -0.05) is 17.4 Å². The predicted molar refractivity (Wildman–Crippen MR) is 85.6 cm³/mol. The van der Waals surface area contributed by atoms with E-state index in [1.165, 1.54) is 11.3 Å². The van der Waals surface area contributed by atoms with E-state index in [9.17, 15) is 4.79 Å². The number of nitrogen functional groups attached to an aromatic ring is 1. The molecular formula is C13H18N4OS2. The largest absolute Gasteiger partial charge is 0.382 e. The minimum atomic E-state index is -0.0519. The summed E-state index contributed by atoms with van der Waals surface area (Å²) < 4.78 is 0. The van der Waals surface area contributed by atoms with Crippen LogP contribution in [0.1, 0.15) is 21.5 Å². The fourth-order valence-corrected chi connectivity index (χ4v) is 3.32. The fraction of sp³-hybridized carbons (Fsp3) is 0.385. The summed E-state index contributed by atoms with van der Waals surface area (Å²) in [5.74, 6) is 0.261. The van der Waals surface area contributed by atoms with E-state index >= 15 is 0 Å². The van der Waals surface area contributed by atoms with E-state index in [0.29, 0.717) is 23.8 Å². The van der Waals surface area contributed by atoms with Gasteiger partial charge in [0.05, 0.1) is 6.54 Å². The van der Waals surface area contributed by atoms with Crippen molar-refractivity contribution in [1.29, 1.82) is 0 Å². The Morgan fingerprint density at radius 2 is 2.20 bits per heavy atom. The highest BCUT2D eigenvalue weighted by molar-refractivity contribution is 7.18. The number of carbonyl (C=O) groups excluding carboxylic acids is 1. The summed E-state index contributed by atoms with van der Waals surface area (Å²) in [6.07, 6.45) is 0.